The summed E-state index contributed by atoms with van der Waals surface area (Å²) in [5, 5.41) is 9.04. The number of piperidine rings is 1. The lowest BCUT2D eigenvalue weighted by molar-refractivity contribution is 0.0224. The van der Waals surface area contributed by atoms with E-state index in [2.05, 4.69) is 4.90 Å². The first-order valence-electron chi connectivity index (χ1n) is 8.66. The summed E-state index contributed by atoms with van der Waals surface area (Å²) in [7, 11) is 0. The molecule has 0 aliphatic carbocycles. The molecule has 6 heteroatoms. The zero-order valence-corrected chi connectivity index (χ0v) is 13.9. The van der Waals surface area contributed by atoms with Crippen LogP contribution in [0.25, 0.3) is 0 Å². The molecule has 2 aliphatic rings. The van der Waals surface area contributed by atoms with Crippen LogP contribution in [-0.4, -0.2) is 66.8 Å². The zero-order chi connectivity index (χ0) is 16.9. The Balaban J connectivity index is 1.61. The van der Waals surface area contributed by atoms with Gasteiger partial charge in [0.25, 0.3) is 5.91 Å². The van der Waals surface area contributed by atoms with Crippen LogP contribution in [0.3, 0.4) is 0 Å². The molecule has 24 heavy (non-hydrogen) atoms. The number of likely N-dealkylation sites (tertiary alicyclic amines) is 1. The van der Waals surface area contributed by atoms with E-state index in [0.717, 1.165) is 58.8 Å². The van der Waals surface area contributed by atoms with Gasteiger partial charge in [-0.1, -0.05) is 6.07 Å². The highest BCUT2D eigenvalue weighted by atomic mass is 19.1. The Morgan fingerprint density at radius 1 is 1.29 bits per heavy atom. The molecule has 3 rings (SSSR count). The van der Waals surface area contributed by atoms with E-state index in [9.17, 15) is 9.18 Å². The molecular weight excluding hydrogens is 311 g/mol. The Morgan fingerprint density at radius 2 is 2.08 bits per heavy atom. The van der Waals surface area contributed by atoms with Crippen LogP contribution in [0, 0.1) is 11.7 Å². The second-order valence-electron chi connectivity index (χ2n) is 6.64. The van der Waals surface area contributed by atoms with Crippen molar-refractivity contribution in [3.05, 3.63) is 35.1 Å². The van der Waals surface area contributed by atoms with Crippen LogP contribution < -0.4 is 0 Å². The largest absolute Gasteiger partial charge is 0.392 e. The van der Waals surface area contributed by atoms with Crippen LogP contribution in [0.5, 0.6) is 0 Å². The summed E-state index contributed by atoms with van der Waals surface area (Å²) in [4.78, 5) is 16.9. The van der Waals surface area contributed by atoms with Gasteiger partial charge in [-0.2, -0.15) is 0 Å². The van der Waals surface area contributed by atoms with E-state index in [1.807, 2.05) is 4.90 Å². The van der Waals surface area contributed by atoms with Crippen LogP contribution >= 0.6 is 0 Å². The maximum absolute atomic E-state index is 13.8. The van der Waals surface area contributed by atoms with Crippen LogP contribution in [0.1, 0.15) is 28.8 Å². The minimum atomic E-state index is -0.523. The molecule has 0 saturated carbocycles. The number of benzene rings is 1. The van der Waals surface area contributed by atoms with Crippen LogP contribution in [0.15, 0.2) is 18.2 Å². The quantitative estimate of drug-likeness (QED) is 0.905. The van der Waals surface area contributed by atoms with Crippen LogP contribution in [0.4, 0.5) is 4.39 Å². The topological polar surface area (TPSA) is 53.0 Å². The molecule has 2 saturated heterocycles. The Hall–Kier alpha value is -1.50. The normalized spacial score (nSPS) is 22.6. The van der Waals surface area contributed by atoms with Crippen LogP contribution in [-0.2, 0) is 11.3 Å². The molecule has 2 aliphatic heterocycles. The van der Waals surface area contributed by atoms with Crippen molar-refractivity contribution in [2.24, 2.45) is 5.92 Å². The summed E-state index contributed by atoms with van der Waals surface area (Å²) in [6.45, 7) is 5.56. The number of hydrogen-bond donors (Lipinski definition) is 1. The molecule has 1 unspecified atom stereocenters. The fraction of sp³-hybridized carbons (Fsp3) is 0.611. The highest BCUT2D eigenvalue weighted by Crippen LogP contribution is 2.21. The van der Waals surface area contributed by atoms with Crippen molar-refractivity contribution in [2.75, 3.05) is 45.9 Å². The first-order valence-corrected chi connectivity index (χ1v) is 8.66. The number of aliphatic hydroxyl groups is 1. The van der Waals surface area contributed by atoms with Crippen molar-refractivity contribution in [2.45, 2.75) is 19.4 Å². The minimum Gasteiger partial charge on any atom is -0.392 e. The third-order valence-electron chi connectivity index (χ3n) is 4.90. The third-order valence-corrected chi connectivity index (χ3v) is 4.90. The van der Waals surface area contributed by atoms with E-state index in [0.29, 0.717) is 11.5 Å². The van der Waals surface area contributed by atoms with Gasteiger partial charge in [0.15, 0.2) is 0 Å². The van der Waals surface area contributed by atoms with Gasteiger partial charge in [0.05, 0.1) is 19.8 Å². The monoisotopic (exact) mass is 336 g/mol. The molecular formula is C18H25FN2O3. The van der Waals surface area contributed by atoms with E-state index < -0.39 is 5.82 Å². The average molecular weight is 336 g/mol. The molecule has 132 valence electrons. The Kier molecular flexibility index (Phi) is 5.81. The number of aliphatic hydroxyl groups excluding tert-OH is 1. The second-order valence-corrected chi connectivity index (χ2v) is 6.64. The van der Waals surface area contributed by atoms with E-state index in [1.165, 1.54) is 12.1 Å². The number of hydrogen-bond acceptors (Lipinski definition) is 4. The predicted octanol–water partition coefficient (Wildman–Crippen LogP) is 1.50. The van der Waals surface area contributed by atoms with Gasteiger partial charge in [0.1, 0.15) is 5.82 Å². The lowest BCUT2D eigenvalue weighted by atomic mass is 9.96. The highest BCUT2D eigenvalue weighted by molar-refractivity contribution is 5.94. The third kappa shape index (κ3) is 4.12. The number of morpholine rings is 1. The summed E-state index contributed by atoms with van der Waals surface area (Å²) >= 11 is 0. The summed E-state index contributed by atoms with van der Waals surface area (Å²) in [5.74, 6) is -0.183. The van der Waals surface area contributed by atoms with Crippen molar-refractivity contribution < 1.29 is 19.0 Å². The Bertz CT molecular complexity index is 575. The first-order chi connectivity index (χ1) is 11.7. The summed E-state index contributed by atoms with van der Waals surface area (Å²) < 4.78 is 19.2. The Labute approximate surface area is 142 Å². The standard InChI is InChI=1S/C18H25FN2O3/c19-17-10-15(3-4-16(17)13-22)18(23)21-5-1-2-14(12-21)11-20-6-8-24-9-7-20/h3-4,10,14,22H,1-2,5-9,11-13H2. The maximum atomic E-state index is 13.8. The van der Waals surface area contributed by atoms with Crippen LogP contribution in [0.2, 0.25) is 0 Å². The lowest BCUT2D eigenvalue weighted by Gasteiger charge is -2.36. The molecule has 2 heterocycles. The van der Waals surface area contributed by atoms with Gasteiger partial charge in [0, 0.05) is 43.9 Å². The number of ether oxygens (including phenoxy) is 1. The fourth-order valence-electron chi connectivity index (χ4n) is 3.54. The van der Waals surface area contributed by atoms with E-state index in [-0.39, 0.29) is 18.1 Å². The number of carbonyl (C=O) groups is 1. The minimum absolute atomic E-state index is 0.120. The SMILES string of the molecule is O=C(c1ccc(CO)c(F)c1)N1CCCC(CN2CCOCC2)C1. The number of rotatable bonds is 4. The number of carbonyl (C=O) groups excluding carboxylic acids is 1. The van der Waals surface area contributed by atoms with Crippen molar-refractivity contribution >= 4 is 5.91 Å². The van der Waals surface area contributed by atoms with Gasteiger partial charge in [0.2, 0.25) is 0 Å². The predicted molar refractivity (Wildman–Crippen MR) is 88.2 cm³/mol. The number of halogens is 1. The van der Waals surface area contributed by atoms with Gasteiger partial charge in [-0.3, -0.25) is 9.69 Å². The molecule has 1 atom stereocenters. The number of amides is 1. The molecule has 0 radical (unpaired) electrons. The van der Waals surface area contributed by atoms with Crippen molar-refractivity contribution in [3.8, 4) is 0 Å². The molecule has 1 N–H and O–H groups in total. The zero-order valence-electron chi connectivity index (χ0n) is 13.9. The van der Waals surface area contributed by atoms with Crippen molar-refractivity contribution in [1.29, 1.82) is 0 Å². The number of nitrogens with zero attached hydrogens (tertiary/aromatic N) is 2. The molecule has 5 nitrogen and oxygen atoms in total. The van der Waals surface area contributed by atoms with Gasteiger partial charge in [-0.05, 0) is 30.9 Å². The lowest BCUT2D eigenvalue weighted by Crippen LogP contribution is -2.46. The fourth-order valence-corrected chi connectivity index (χ4v) is 3.54. The Morgan fingerprint density at radius 3 is 2.79 bits per heavy atom. The molecule has 0 spiro atoms. The maximum Gasteiger partial charge on any atom is 0.253 e. The van der Waals surface area contributed by atoms with E-state index in [1.54, 1.807) is 6.07 Å². The average Bonchev–Trinajstić information content (AvgIpc) is 2.62. The highest BCUT2D eigenvalue weighted by Gasteiger charge is 2.26. The summed E-state index contributed by atoms with van der Waals surface area (Å²) in [6.07, 6.45) is 2.11. The smallest absolute Gasteiger partial charge is 0.253 e. The van der Waals surface area contributed by atoms with E-state index >= 15 is 0 Å². The molecule has 1 aromatic rings. The first kappa shape index (κ1) is 17.3. The second kappa shape index (κ2) is 8.05. The molecule has 0 bridgehead atoms. The van der Waals surface area contributed by atoms with Gasteiger partial charge in [-0.25, -0.2) is 4.39 Å². The molecule has 0 aromatic heterocycles. The van der Waals surface area contributed by atoms with Gasteiger partial charge in [-0.15, -0.1) is 0 Å². The summed E-state index contributed by atoms with van der Waals surface area (Å²) in [5.41, 5.74) is 0.576. The summed E-state index contributed by atoms with van der Waals surface area (Å²) in [6, 6.07) is 4.32. The van der Waals surface area contributed by atoms with Crippen molar-refractivity contribution in [3.63, 3.8) is 0 Å². The van der Waals surface area contributed by atoms with Gasteiger partial charge >= 0.3 is 0 Å². The van der Waals surface area contributed by atoms with E-state index in [4.69, 9.17) is 9.84 Å². The molecule has 1 amide bonds. The molecule has 2 fully saturated rings. The van der Waals surface area contributed by atoms with Gasteiger partial charge < -0.3 is 14.7 Å². The molecule has 1 aromatic carbocycles. The van der Waals surface area contributed by atoms with Crippen molar-refractivity contribution in [1.82, 2.24) is 9.80 Å².